The molecule has 1 aromatic rings. The van der Waals surface area contributed by atoms with Crippen LogP contribution in [0.25, 0.3) is 10.4 Å². The standard InChI is InChI=1S/C8H9N5O2S/c9-12-10-3-7-11-5-1-2-13(8(14)15)4-6(5)16-7/h1-4H2,(H,14,15). The van der Waals surface area contributed by atoms with Crippen LogP contribution < -0.4 is 0 Å². The first-order valence-electron chi connectivity index (χ1n) is 4.67. The Bertz CT molecular complexity index is 465. The summed E-state index contributed by atoms with van der Waals surface area (Å²) in [6.45, 7) is 1.10. The number of hydrogen-bond acceptors (Lipinski definition) is 4. The Labute approximate surface area is 95.0 Å². The molecule has 0 fully saturated rings. The van der Waals surface area contributed by atoms with Gasteiger partial charge in [-0.3, -0.25) is 0 Å². The third kappa shape index (κ3) is 2.07. The maximum absolute atomic E-state index is 10.8. The summed E-state index contributed by atoms with van der Waals surface area (Å²) < 4.78 is 0. The molecule has 1 aliphatic rings. The Balaban J connectivity index is 2.16. The number of thiazole rings is 1. The smallest absolute Gasteiger partial charge is 0.407 e. The molecule has 2 heterocycles. The quantitative estimate of drug-likeness (QED) is 0.485. The average molecular weight is 239 g/mol. The van der Waals surface area contributed by atoms with Crippen molar-refractivity contribution in [3.63, 3.8) is 0 Å². The molecule has 0 saturated carbocycles. The summed E-state index contributed by atoms with van der Waals surface area (Å²) in [5.41, 5.74) is 9.13. The highest BCUT2D eigenvalue weighted by Gasteiger charge is 2.23. The van der Waals surface area contributed by atoms with Gasteiger partial charge in [0.25, 0.3) is 0 Å². The van der Waals surface area contributed by atoms with Crippen molar-refractivity contribution in [2.75, 3.05) is 6.54 Å². The Morgan fingerprint density at radius 3 is 3.25 bits per heavy atom. The summed E-state index contributed by atoms with van der Waals surface area (Å²) >= 11 is 1.42. The van der Waals surface area contributed by atoms with E-state index in [-0.39, 0.29) is 6.54 Å². The summed E-state index contributed by atoms with van der Waals surface area (Å²) in [7, 11) is 0. The van der Waals surface area contributed by atoms with E-state index in [9.17, 15) is 4.79 Å². The second-order valence-electron chi connectivity index (χ2n) is 3.32. The van der Waals surface area contributed by atoms with Gasteiger partial charge in [-0.05, 0) is 5.53 Å². The molecule has 7 nitrogen and oxygen atoms in total. The molecular formula is C8H9N5O2S. The van der Waals surface area contributed by atoms with Gasteiger partial charge in [-0.25, -0.2) is 9.78 Å². The maximum atomic E-state index is 10.8. The van der Waals surface area contributed by atoms with Gasteiger partial charge in [-0.15, -0.1) is 11.3 Å². The molecule has 1 aliphatic heterocycles. The van der Waals surface area contributed by atoms with Crippen molar-refractivity contribution in [1.29, 1.82) is 0 Å². The van der Waals surface area contributed by atoms with Gasteiger partial charge in [0.05, 0.1) is 23.8 Å². The molecule has 0 radical (unpaired) electrons. The molecule has 0 unspecified atom stereocenters. The lowest BCUT2D eigenvalue weighted by atomic mass is 10.2. The van der Waals surface area contributed by atoms with Crippen molar-refractivity contribution in [1.82, 2.24) is 9.88 Å². The number of aromatic nitrogens is 1. The lowest BCUT2D eigenvalue weighted by Crippen LogP contribution is -2.34. The van der Waals surface area contributed by atoms with Gasteiger partial charge in [0.1, 0.15) is 0 Å². The molecule has 0 saturated heterocycles. The van der Waals surface area contributed by atoms with E-state index in [0.717, 1.165) is 15.6 Å². The normalized spacial score (nSPS) is 14.1. The van der Waals surface area contributed by atoms with Crippen LogP contribution in [0.4, 0.5) is 4.79 Å². The van der Waals surface area contributed by atoms with E-state index >= 15 is 0 Å². The zero-order valence-electron chi connectivity index (χ0n) is 8.33. The second kappa shape index (κ2) is 4.38. The minimum atomic E-state index is -0.907. The molecule has 16 heavy (non-hydrogen) atoms. The fraction of sp³-hybridized carbons (Fsp3) is 0.500. The SMILES string of the molecule is [N-]=[N+]=NCc1nc2c(s1)CN(C(=O)O)CC2. The van der Waals surface area contributed by atoms with Crippen LogP contribution in [0.5, 0.6) is 0 Å². The first kappa shape index (κ1) is 10.7. The molecule has 0 aliphatic carbocycles. The maximum Gasteiger partial charge on any atom is 0.407 e. The van der Waals surface area contributed by atoms with Crippen molar-refractivity contribution in [3.05, 3.63) is 26.0 Å². The number of nitrogens with zero attached hydrogens (tertiary/aromatic N) is 5. The van der Waals surface area contributed by atoms with Crippen LogP contribution in [0.2, 0.25) is 0 Å². The minimum Gasteiger partial charge on any atom is -0.465 e. The number of carbonyl (C=O) groups is 1. The van der Waals surface area contributed by atoms with E-state index < -0.39 is 6.09 Å². The molecule has 8 heteroatoms. The summed E-state index contributed by atoms with van der Waals surface area (Å²) in [5, 5.41) is 13.0. The van der Waals surface area contributed by atoms with E-state index in [1.54, 1.807) is 0 Å². The number of carboxylic acid groups (broad SMARTS) is 1. The molecule has 1 N–H and O–H groups in total. The van der Waals surface area contributed by atoms with E-state index in [4.69, 9.17) is 10.6 Å². The monoisotopic (exact) mass is 239 g/mol. The average Bonchev–Trinajstić information content (AvgIpc) is 2.67. The predicted octanol–water partition coefficient (Wildman–Crippen LogP) is 1.99. The molecule has 0 aromatic carbocycles. The van der Waals surface area contributed by atoms with Gasteiger partial charge in [-0.2, -0.15) is 0 Å². The first-order chi connectivity index (χ1) is 7.70. The molecule has 84 valence electrons. The molecule has 0 atom stereocenters. The van der Waals surface area contributed by atoms with Crippen molar-refractivity contribution in [3.8, 4) is 0 Å². The van der Waals surface area contributed by atoms with Gasteiger partial charge < -0.3 is 10.0 Å². The van der Waals surface area contributed by atoms with Gasteiger partial charge in [0, 0.05) is 22.8 Å². The van der Waals surface area contributed by atoms with Crippen molar-refractivity contribution in [2.45, 2.75) is 19.5 Å². The second-order valence-corrected chi connectivity index (χ2v) is 4.49. The minimum absolute atomic E-state index is 0.237. The summed E-state index contributed by atoms with van der Waals surface area (Å²) in [5.74, 6) is 0. The van der Waals surface area contributed by atoms with Crippen LogP contribution in [-0.4, -0.2) is 27.6 Å². The Kier molecular flexibility index (Phi) is 2.93. The number of azide groups is 1. The topological polar surface area (TPSA) is 102 Å². The van der Waals surface area contributed by atoms with Crippen molar-refractivity contribution in [2.24, 2.45) is 5.11 Å². The number of hydrogen-bond donors (Lipinski definition) is 1. The Morgan fingerprint density at radius 2 is 2.56 bits per heavy atom. The van der Waals surface area contributed by atoms with Crippen molar-refractivity contribution >= 4 is 17.4 Å². The van der Waals surface area contributed by atoms with Crippen molar-refractivity contribution < 1.29 is 9.90 Å². The van der Waals surface area contributed by atoms with Crippen LogP contribution in [0, 0.1) is 0 Å². The summed E-state index contributed by atoms with van der Waals surface area (Å²) in [6, 6.07) is 0. The zero-order valence-corrected chi connectivity index (χ0v) is 9.14. The highest BCUT2D eigenvalue weighted by Crippen LogP contribution is 2.25. The fourth-order valence-corrected chi connectivity index (χ4v) is 2.62. The zero-order chi connectivity index (χ0) is 11.5. The highest BCUT2D eigenvalue weighted by atomic mass is 32.1. The van der Waals surface area contributed by atoms with E-state index in [2.05, 4.69) is 15.0 Å². The van der Waals surface area contributed by atoms with Crippen LogP contribution in [-0.2, 0) is 19.5 Å². The largest absolute Gasteiger partial charge is 0.465 e. The molecule has 0 spiro atoms. The van der Waals surface area contributed by atoms with E-state index in [0.29, 0.717) is 19.5 Å². The van der Waals surface area contributed by atoms with Gasteiger partial charge in [0.2, 0.25) is 0 Å². The van der Waals surface area contributed by atoms with Crippen LogP contribution in [0.15, 0.2) is 5.11 Å². The number of fused-ring (bicyclic) bond motifs is 1. The molecule has 1 amide bonds. The fourth-order valence-electron chi connectivity index (χ4n) is 1.57. The lowest BCUT2D eigenvalue weighted by Gasteiger charge is -2.22. The lowest BCUT2D eigenvalue weighted by molar-refractivity contribution is 0.140. The molecular weight excluding hydrogens is 230 g/mol. The van der Waals surface area contributed by atoms with E-state index in [1.807, 2.05) is 0 Å². The molecule has 2 rings (SSSR count). The third-order valence-electron chi connectivity index (χ3n) is 2.32. The number of rotatable bonds is 2. The van der Waals surface area contributed by atoms with Gasteiger partial charge >= 0.3 is 6.09 Å². The predicted molar refractivity (Wildman–Crippen MR) is 57.1 cm³/mol. The molecule has 0 bridgehead atoms. The van der Waals surface area contributed by atoms with Crippen LogP contribution >= 0.6 is 11.3 Å². The van der Waals surface area contributed by atoms with Crippen LogP contribution in [0.1, 0.15) is 15.6 Å². The summed E-state index contributed by atoms with van der Waals surface area (Å²) in [6.07, 6.45) is -0.273. The summed E-state index contributed by atoms with van der Waals surface area (Å²) in [4.78, 5) is 20.1. The van der Waals surface area contributed by atoms with Crippen LogP contribution in [0.3, 0.4) is 0 Å². The number of amides is 1. The van der Waals surface area contributed by atoms with E-state index in [1.165, 1.54) is 16.2 Å². The highest BCUT2D eigenvalue weighted by molar-refractivity contribution is 7.11. The first-order valence-corrected chi connectivity index (χ1v) is 5.48. The third-order valence-corrected chi connectivity index (χ3v) is 3.38. The van der Waals surface area contributed by atoms with Gasteiger partial charge in [-0.1, -0.05) is 5.11 Å². The molecule has 1 aromatic heterocycles. The Hall–Kier alpha value is -1.79. The van der Waals surface area contributed by atoms with Gasteiger partial charge in [0.15, 0.2) is 0 Å². The Morgan fingerprint density at radius 1 is 1.75 bits per heavy atom.